The topological polar surface area (TPSA) is 101 Å². The minimum absolute atomic E-state index is 0.223. The molecule has 3 N–H and O–H groups in total. The van der Waals surface area contributed by atoms with Crippen LogP contribution in [0.4, 0.5) is 0 Å². The van der Waals surface area contributed by atoms with Gasteiger partial charge in [0.05, 0.1) is 18.2 Å². The maximum atomic E-state index is 11.3. The van der Waals surface area contributed by atoms with E-state index in [1.54, 1.807) is 6.20 Å². The van der Waals surface area contributed by atoms with E-state index in [0.29, 0.717) is 18.8 Å². The first-order chi connectivity index (χ1) is 11.4. The Hall–Kier alpha value is -2.50. The van der Waals surface area contributed by atoms with Crippen LogP contribution in [-0.4, -0.2) is 33.4 Å². The molecule has 126 valence electrons. The average molecular weight is 346 g/mol. The van der Waals surface area contributed by atoms with Crippen LogP contribution >= 0.6 is 0 Å². The second-order valence-corrected chi connectivity index (χ2v) is 7.22. The van der Waals surface area contributed by atoms with Crippen molar-refractivity contribution in [3.63, 3.8) is 0 Å². The van der Waals surface area contributed by atoms with Crippen molar-refractivity contribution in [2.75, 3.05) is 12.8 Å². The van der Waals surface area contributed by atoms with Crippen LogP contribution in [0.15, 0.2) is 34.4 Å². The molecule has 0 bridgehead atoms. The zero-order chi connectivity index (χ0) is 17.6. The van der Waals surface area contributed by atoms with Crippen LogP contribution in [0.5, 0.6) is 0 Å². The van der Waals surface area contributed by atoms with E-state index in [4.69, 9.17) is 12.3 Å². The first-order valence-electron chi connectivity index (χ1n) is 7.36. The predicted molar refractivity (Wildman–Crippen MR) is 97.7 cm³/mol. The van der Waals surface area contributed by atoms with Gasteiger partial charge in [-0.05, 0) is 34.0 Å². The molecule has 0 fully saturated rings. The predicted octanol–water partition coefficient (Wildman–Crippen LogP) is 1.37. The van der Waals surface area contributed by atoms with E-state index in [0.717, 1.165) is 34.9 Å². The zero-order valence-corrected chi connectivity index (χ0v) is 14.3. The number of rotatable bonds is 3. The van der Waals surface area contributed by atoms with E-state index in [2.05, 4.69) is 19.6 Å². The van der Waals surface area contributed by atoms with Crippen molar-refractivity contribution < 1.29 is 8.42 Å². The minimum atomic E-state index is -3.25. The fourth-order valence-corrected chi connectivity index (χ4v) is 2.90. The van der Waals surface area contributed by atoms with Crippen LogP contribution < -0.4 is 10.5 Å². The van der Waals surface area contributed by atoms with Gasteiger partial charge in [0.25, 0.3) is 6.57 Å². The molecule has 0 atom stereocenters. The highest BCUT2D eigenvalue weighted by Gasteiger charge is 2.17. The molecule has 24 heavy (non-hydrogen) atoms. The third kappa shape index (κ3) is 5.01. The summed E-state index contributed by atoms with van der Waals surface area (Å²) in [6, 6.07) is 5.82. The summed E-state index contributed by atoms with van der Waals surface area (Å²) in [5.74, 6) is 0.609. The van der Waals surface area contributed by atoms with Gasteiger partial charge in [-0.1, -0.05) is 12.1 Å². The van der Waals surface area contributed by atoms with Gasteiger partial charge in [0, 0.05) is 19.5 Å². The number of nitrogens with one attached hydrogen (secondary N) is 1. The highest BCUT2D eigenvalue weighted by atomic mass is 32.2. The summed E-state index contributed by atoms with van der Waals surface area (Å²) in [6.45, 7) is 6.16. The number of aliphatic imine (C=N–C) groups is 2. The lowest BCUT2D eigenvalue weighted by Gasteiger charge is -2.15. The molecule has 2 rings (SSSR count). The normalized spacial score (nSPS) is 17.0. The second-order valence-electron chi connectivity index (χ2n) is 5.39. The van der Waals surface area contributed by atoms with Gasteiger partial charge in [0.15, 0.2) is 0 Å². The van der Waals surface area contributed by atoms with Crippen molar-refractivity contribution in [2.45, 2.75) is 19.4 Å². The van der Waals surface area contributed by atoms with E-state index in [9.17, 15) is 8.42 Å². The Morgan fingerprint density at radius 3 is 2.96 bits per heavy atom. The molecule has 0 unspecified atom stereocenters. The summed E-state index contributed by atoms with van der Waals surface area (Å²) in [7, 11) is -3.25. The van der Waals surface area contributed by atoms with Crippen LogP contribution in [0.25, 0.3) is 10.4 Å². The van der Waals surface area contributed by atoms with Crippen molar-refractivity contribution in [3.8, 4) is 6.57 Å². The summed E-state index contributed by atoms with van der Waals surface area (Å²) in [6.07, 6.45) is 5.10. The third-order valence-corrected chi connectivity index (χ3v) is 4.21. The van der Waals surface area contributed by atoms with Crippen molar-refractivity contribution in [1.82, 2.24) is 4.72 Å². The summed E-state index contributed by atoms with van der Waals surface area (Å²) in [5, 5.41) is 0. The Labute approximate surface area is 141 Å². The SMILES string of the molecule is C#[N+]/C=C1\CC(N=CN)=NCCc2ccc(CNS(C)(=O)=O)cc21. The lowest BCUT2D eigenvalue weighted by molar-refractivity contribution is 0.587. The molecule has 7 nitrogen and oxygen atoms in total. The number of nitrogens with zero attached hydrogens (tertiary/aromatic N) is 3. The fourth-order valence-electron chi connectivity index (χ4n) is 2.47. The molecule has 1 aliphatic heterocycles. The van der Waals surface area contributed by atoms with Gasteiger partial charge < -0.3 is 5.73 Å². The summed E-state index contributed by atoms with van der Waals surface area (Å²) < 4.78 is 25.0. The van der Waals surface area contributed by atoms with Crippen molar-refractivity contribution in [1.29, 1.82) is 0 Å². The number of benzene rings is 1. The van der Waals surface area contributed by atoms with Crippen LogP contribution in [0, 0.1) is 6.57 Å². The minimum Gasteiger partial charge on any atom is -0.390 e. The van der Waals surface area contributed by atoms with Crippen molar-refractivity contribution >= 4 is 27.8 Å². The average Bonchev–Trinajstić information content (AvgIpc) is 2.51. The molecule has 0 aromatic heterocycles. The van der Waals surface area contributed by atoms with Crippen LogP contribution in [0.2, 0.25) is 0 Å². The first kappa shape index (κ1) is 17.8. The molecule has 1 aromatic carbocycles. The fraction of sp³-hybridized carbons (Fsp3) is 0.312. The van der Waals surface area contributed by atoms with Gasteiger partial charge in [-0.2, -0.15) is 0 Å². The molecular weight excluding hydrogens is 326 g/mol. The smallest absolute Gasteiger partial charge is 0.309 e. The van der Waals surface area contributed by atoms with E-state index in [1.807, 2.05) is 18.2 Å². The maximum Gasteiger partial charge on any atom is 0.309 e. The molecule has 8 heteroatoms. The van der Waals surface area contributed by atoms with Gasteiger partial charge in [-0.25, -0.2) is 18.1 Å². The highest BCUT2D eigenvalue weighted by Crippen LogP contribution is 2.27. The largest absolute Gasteiger partial charge is 0.390 e. The number of hydrogen-bond donors (Lipinski definition) is 2. The lowest BCUT2D eigenvalue weighted by atomic mass is 9.93. The Morgan fingerprint density at radius 1 is 1.50 bits per heavy atom. The monoisotopic (exact) mass is 346 g/mol. The quantitative estimate of drug-likeness (QED) is 0.638. The zero-order valence-electron chi connectivity index (χ0n) is 13.4. The molecule has 0 saturated carbocycles. The molecule has 1 aromatic rings. The molecule has 1 aliphatic rings. The van der Waals surface area contributed by atoms with Crippen molar-refractivity contribution in [3.05, 3.63) is 45.9 Å². The Morgan fingerprint density at radius 2 is 2.29 bits per heavy atom. The second kappa shape index (κ2) is 7.86. The molecule has 0 radical (unpaired) electrons. The third-order valence-electron chi connectivity index (χ3n) is 3.54. The number of hydrogen-bond acceptors (Lipinski definition) is 4. The molecule has 0 spiro atoms. The van der Waals surface area contributed by atoms with Gasteiger partial charge in [-0.15, -0.1) is 0 Å². The Kier molecular flexibility index (Phi) is 5.84. The molecule has 0 saturated heterocycles. The molecule has 1 heterocycles. The van der Waals surface area contributed by atoms with E-state index in [1.165, 1.54) is 6.34 Å². The van der Waals surface area contributed by atoms with Crippen LogP contribution in [0.3, 0.4) is 0 Å². The number of nitrogens with two attached hydrogens (primary N) is 1. The molecular formula is C16H20N5O2S+. The van der Waals surface area contributed by atoms with E-state index in [-0.39, 0.29) is 6.54 Å². The van der Waals surface area contributed by atoms with Crippen LogP contribution in [-0.2, 0) is 23.0 Å². The van der Waals surface area contributed by atoms with Gasteiger partial charge in [0.1, 0.15) is 5.84 Å². The molecule has 0 aliphatic carbocycles. The summed E-state index contributed by atoms with van der Waals surface area (Å²) in [4.78, 5) is 12.1. The Balaban J connectivity index is 2.39. The Bertz CT molecular complexity index is 848. The number of fused-ring (bicyclic) bond motifs is 1. The maximum absolute atomic E-state index is 11.3. The first-order valence-corrected chi connectivity index (χ1v) is 9.25. The van der Waals surface area contributed by atoms with Gasteiger partial charge in [-0.3, -0.25) is 4.99 Å². The lowest BCUT2D eigenvalue weighted by Crippen LogP contribution is -2.21. The standard InChI is InChI=1S/C16H20N5O2S/c1-18-10-14-8-16(20-11-17)19-6-5-13-4-3-12(7-15(13)14)9-21-24(2,22)23/h1,3-4,7,10-11,21H,5-6,8-9H2,2H3,(H2,17,19,20)/q+1/b14-10+. The van der Waals surface area contributed by atoms with E-state index >= 15 is 0 Å². The number of amidine groups is 1. The van der Waals surface area contributed by atoms with Gasteiger partial charge >= 0.3 is 6.20 Å². The summed E-state index contributed by atoms with van der Waals surface area (Å²) in [5.41, 5.74) is 9.15. The summed E-state index contributed by atoms with van der Waals surface area (Å²) >= 11 is 0. The number of sulfonamides is 1. The van der Waals surface area contributed by atoms with Crippen LogP contribution in [0.1, 0.15) is 23.1 Å². The molecule has 0 amide bonds. The van der Waals surface area contributed by atoms with Gasteiger partial charge in [0.2, 0.25) is 10.0 Å². The van der Waals surface area contributed by atoms with E-state index < -0.39 is 10.0 Å². The van der Waals surface area contributed by atoms with Crippen molar-refractivity contribution in [2.24, 2.45) is 15.7 Å². The highest BCUT2D eigenvalue weighted by molar-refractivity contribution is 7.88.